The van der Waals surface area contributed by atoms with E-state index in [1.165, 1.54) is 0 Å². The van der Waals surface area contributed by atoms with Crippen LogP contribution < -0.4 is 0 Å². The molecular weight excluding hydrogens is 421 g/mol. The van der Waals surface area contributed by atoms with Crippen LogP contribution in [0.15, 0.2) is 0 Å². The second-order valence-electron chi connectivity index (χ2n) is 7.00. The van der Waals surface area contributed by atoms with Gasteiger partial charge < -0.3 is 9.79 Å². The van der Waals surface area contributed by atoms with Crippen LogP contribution in [0.2, 0.25) is 0 Å². The minimum Gasteiger partial charge on any atom is -0.337 e. The van der Waals surface area contributed by atoms with Crippen LogP contribution in [-0.2, 0) is 23.2 Å². The maximum absolute atomic E-state index is 12.5. The highest BCUT2D eigenvalue weighted by molar-refractivity contribution is 8.76. The van der Waals surface area contributed by atoms with Crippen LogP contribution in [0.25, 0.3) is 0 Å². The van der Waals surface area contributed by atoms with E-state index in [0.717, 1.165) is 37.9 Å². The molecule has 28 heavy (non-hydrogen) atoms. The molecule has 1 aliphatic heterocycles. The lowest BCUT2D eigenvalue weighted by atomic mass is 10.0. The number of hydrogen-bond acceptors (Lipinski definition) is 7. The summed E-state index contributed by atoms with van der Waals surface area (Å²) in [7, 11) is 0.479. The lowest BCUT2D eigenvalue weighted by Crippen LogP contribution is -2.35. The smallest absolute Gasteiger partial charge is 0.337 e. The minimum atomic E-state index is -4.04. The van der Waals surface area contributed by atoms with Crippen molar-refractivity contribution in [3.63, 3.8) is 0 Å². The van der Waals surface area contributed by atoms with Crippen molar-refractivity contribution >= 4 is 41.1 Å². The van der Waals surface area contributed by atoms with Gasteiger partial charge in [0.1, 0.15) is 5.78 Å². The normalized spacial score (nSPS) is 22.8. The van der Waals surface area contributed by atoms with Gasteiger partial charge in [-0.3, -0.25) is 18.6 Å². The number of phosphoric ester groups is 1. The summed E-state index contributed by atoms with van der Waals surface area (Å²) < 4.78 is 21.2. The van der Waals surface area contributed by atoms with Crippen LogP contribution in [0.4, 0.5) is 0 Å². The molecule has 7 nitrogen and oxygen atoms in total. The molecular formula is C18H34NO6PS2. The minimum absolute atomic E-state index is 0.0305. The molecule has 1 rings (SSSR count). The summed E-state index contributed by atoms with van der Waals surface area (Å²) in [4.78, 5) is 35.5. The fourth-order valence-electron chi connectivity index (χ4n) is 3.03. The molecule has 0 aromatic carbocycles. The van der Waals surface area contributed by atoms with E-state index >= 15 is 0 Å². The van der Waals surface area contributed by atoms with E-state index < -0.39 is 13.9 Å². The van der Waals surface area contributed by atoms with Gasteiger partial charge >= 0.3 is 7.82 Å². The molecule has 1 heterocycles. The third-order valence-electron chi connectivity index (χ3n) is 4.98. The number of phosphoric acid groups is 1. The van der Waals surface area contributed by atoms with E-state index in [9.17, 15) is 19.0 Å². The van der Waals surface area contributed by atoms with Crippen LogP contribution in [0.1, 0.15) is 59.3 Å². The molecule has 1 N–H and O–H groups in total. The number of ketones is 1. The largest absolute Gasteiger partial charge is 0.472 e. The fraction of sp³-hybridized carbons (Fsp3) is 0.889. The molecule has 1 saturated heterocycles. The van der Waals surface area contributed by atoms with Crippen molar-refractivity contribution in [3.05, 3.63) is 0 Å². The van der Waals surface area contributed by atoms with E-state index in [-0.39, 0.29) is 17.9 Å². The van der Waals surface area contributed by atoms with Gasteiger partial charge in [0.15, 0.2) is 0 Å². The van der Waals surface area contributed by atoms with E-state index in [4.69, 9.17) is 4.52 Å². The van der Waals surface area contributed by atoms with Gasteiger partial charge in [0.2, 0.25) is 5.91 Å². The summed E-state index contributed by atoms with van der Waals surface area (Å²) >= 11 is 0. The van der Waals surface area contributed by atoms with Crippen molar-refractivity contribution in [2.24, 2.45) is 5.92 Å². The fourth-order valence-corrected chi connectivity index (χ4v) is 5.74. The highest BCUT2D eigenvalue weighted by Crippen LogP contribution is 2.45. The van der Waals surface area contributed by atoms with Gasteiger partial charge in [-0.2, -0.15) is 0 Å². The van der Waals surface area contributed by atoms with Gasteiger partial charge in [-0.1, -0.05) is 42.4 Å². The molecule has 1 amide bonds. The van der Waals surface area contributed by atoms with Gasteiger partial charge in [-0.05, 0) is 25.7 Å². The van der Waals surface area contributed by atoms with Crippen molar-refractivity contribution in [1.82, 2.24) is 4.90 Å². The number of carbonyl (C=O) groups excluding carboxylic acids is 2. The Bertz CT molecular complexity index is 550. The molecule has 0 spiro atoms. The SMILES string of the molecule is CCC(C)C(=O)CCSSCCCC(=O)N1C[C@H](OP(=O)(O)OC)C[C@H]1CC. The maximum atomic E-state index is 12.5. The zero-order valence-corrected chi connectivity index (χ0v) is 19.8. The first-order chi connectivity index (χ1) is 13.2. The third kappa shape index (κ3) is 9.18. The maximum Gasteiger partial charge on any atom is 0.472 e. The van der Waals surface area contributed by atoms with Crippen LogP contribution in [0, 0.1) is 5.92 Å². The number of likely N-dealkylation sites (tertiary alicyclic amines) is 1. The van der Waals surface area contributed by atoms with Gasteiger partial charge in [0, 0.05) is 50.0 Å². The Labute approximate surface area is 176 Å². The molecule has 164 valence electrons. The Morgan fingerprint density at radius 1 is 1.25 bits per heavy atom. The lowest BCUT2D eigenvalue weighted by molar-refractivity contribution is -0.132. The number of nitrogens with zero attached hydrogens (tertiary/aromatic N) is 1. The predicted octanol–water partition coefficient (Wildman–Crippen LogP) is 4.30. The topological polar surface area (TPSA) is 93.1 Å². The number of amides is 1. The van der Waals surface area contributed by atoms with Gasteiger partial charge in [-0.25, -0.2) is 4.57 Å². The van der Waals surface area contributed by atoms with E-state index in [0.29, 0.717) is 31.6 Å². The van der Waals surface area contributed by atoms with Crippen LogP contribution >= 0.6 is 29.4 Å². The van der Waals surface area contributed by atoms with Crippen LogP contribution in [-0.4, -0.2) is 58.8 Å². The molecule has 0 radical (unpaired) electrons. The Balaban J connectivity index is 2.25. The predicted molar refractivity (Wildman–Crippen MR) is 115 cm³/mol. The molecule has 0 bridgehead atoms. The zero-order valence-electron chi connectivity index (χ0n) is 17.3. The quantitative estimate of drug-likeness (QED) is 0.235. The van der Waals surface area contributed by atoms with Crippen molar-refractivity contribution in [2.45, 2.75) is 71.4 Å². The van der Waals surface area contributed by atoms with Crippen LogP contribution in [0.5, 0.6) is 0 Å². The standard InChI is InChI=1S/C18H34NO6PS2/c1-5-14(3)17(20)9-11-28-27-10-7-8-18(21)19-13-16(12-15(19)6-2)25-26(22,23)24-4/h14-16H,5-13H2,1-4H3,(H,22,23)/t14?,15-,16-/m1/s1. The van der Waals surface area contributed by atoms with Crippen molar-refractivity contribution in [1.29, 1.82) is 0 Å². The average molecular weight is 456 g/mol. The number of carbonyl (C=O) groups is 2. The second kappa shape index (κ2) is 13.3. The Kier molecular flexibility index (Phi) is 12.3. The molecule has 1 fully saturated rings. The molecule has 4 atom stereocenters. The first kappa shape index (κ1) is 26.0. The molecule has 1 aliphatic rings. The highest BCUT2D eigenvalue weighted by atomic mass is 33.1. The first-order valence-electron chi connectivity index (χ1n) is 9.87. The monoisotopic (exact) mass is 455 g/mol. The zero-order chi connectivity index (χ0) is 21.2. The molecule has 10 heteroatoms. The van der Waals surface area contributed by atoms with Crippen molar-refractivity contribution in [2.75, 3.05) is 25.2 Å². The van der Waals surface area contributed by atoms with Gasteiger partial charge in [0.05, 0.1) is 6.10 Å². The molecule has 0 aromatic heterocycles. The Hall–Kier alpha value is -0.0500. The molecule has 0 aromatic rings. The molecule has 0 saturated carbocycles. The van der Waals surface area contributed by atoms with Crippen molar-refractivity contribution < 1.29 is 28.1 Å². The number of Topliss-reactive ketones (excluding diaryl/α,β-unsaturated/α-hetero) is 1. The van der Waals surface area contributed by atoms with Gasteiger partial charge in [0.25, 0.3) is 0 Å². The Morgan fingerprint density at radius 3 is 2.54 bits per heavy atom. The average Bonchev–Trinajstić information content (AvgIpc) is 3.08. The summed E-state index contributed by atoms with van der Waals surface area (Å²) in [6.45, 7) is 6.32. The number of rotatable bonds is 14. The van der Waals surface area contributed by atoms with Gasteiger partial charge in [-0.15, -0.1) is 0 Å². The second-order valence-corrected chi connectivity index (χ2v) is 11.2. The molecule has 0 aliphatic carbocycles. The number of hydrogen-bond donors (Lipinski definition) is 1. The summed E-state index contributed by atoms with van der Waals surface area (Å²) in [5.74, 6) is 2.19. The summed E-state index contributed by atoms with van der Waals surface area (Å²) in [5, 5.41) is 0. The van der Waals surface area contributed by atoms with E-state index in [1.807, 2.05) is 20.8 Å². The Morgan fingerprint density at radius 2 is 1.93 bits per heavy atom. The van der Waals surface area contributed by atoms with Crippen LogP contribution in [0.3, 0.4) is 0 Å². The first-order valence-corrected chi connectivity index (χ1v) is 13.9. The van der Waals surface area contributed by atoms with E-state index in [1.54, 1.807) is 26.5 Å². The van der Waals surface area contributed by atoms with Crippen molar-refractivity contribution in [3.8, 4) is 0 Å². The van der Waals surface area contributed by atoms with E-state index in [2.05, 4.69) is 4.52 Å². The lowest BCUT2D eigenvalue weighted by Gasteiger charge is -2.23. The highest BCUT2D eigenvalue weighted by Gasteiger charge is 2.38. The summed E-state index contributed by atoms with van der Waals surface area (Å²) in [6, 6.07) is 0.0305. The molecule has 2 unspecified atom stereocenters. The summed E-state index contributed by atoms with van der Waals surface area (Å²) in [5.41, 5.74) is 0. The third-order valence-corrected chi connectivity index (χ3v) is 8.49. The summed E-state index contributed by atoms with van der Waals surface area (Å²) in [6.07, 6.45) is 3.57.